The summed E-state index contributed by atoms with van der Waals surface area (Å²) in [5.41, 5.74) is 4.52. The van der Waals surface area contributed by atoms with Crippen molar-refractivity contribution in [3.8, 4) is 22.3 Å². The van der Waals surface area contributed by atoms with Crippen LogP contribution in [0, 0.1) is 0 Å². The van der Waals surface area contributed by atoms with E-state index < -0.39 is 9.84 Å². The van der Waals surface area contributed by atoms with E-state index in [4.69, 9.17) is 0 Å². The van der Waals surface area contributed by atoms with Crippen LogP contribution in [0.2, 0.25) is 0 Å². The minimum atomic E-state index is -3.31. The van der Waals surface area contributed by atoms with Gasteiger partial charge in [-0.05, 0) is 34.9 Å². The van der Waals surface area contributed by atoms with Gasteiger partial charge in [-0.25, -0.2) is 8.42 Å². The van der Waals surface area contributed by atoms with Crippen molar-refractivity contribution in [1.29, 1.82) is 0 Å². The molecule has 2 heterocycles. The molecule has 7 heteroatoms. The Hall–Kier alpha value is -2.93. The number of hydrogen-bond acceptors (Lipinski definition) is 4. The van der Waals surface area contributed by atoms with Crippen LogP contribution in [0.5, 0.6) is 0 Å². The third-order valence-corrected chi connectivity index (χ3v) is 5.32. The summed E-state index contributed by atoms with van der Waals surface area (Å²) in [6.45, 7) is 0. The Bertz CT molecular complexity index is 1190. The van der Waals surface area contributed by atoms with E-state index in [9.17, 15) is 8.42 Å². The molecule has 0 bridgehead atoms. The topological polar surface area (TPSA) is 80.6 Å². The molecule has 4 aromatic rings. The summed E-state index contributed by atoms with van der Waals surface area (Å²) in [5.74, 6) is 0. The number of nitrogens with zero attached hydrogens (tertiary/aromatic N) is 3. The number of H-pyrrole nitrogens is 1. The van der Waals surface area contributed by atoms with Crippen molar-refractivity contribution >= 4 is 20.7 Å². The minimum absolute atomic E-state index is 0.288. The van der Waals surface area contributed by atoms with Crippen molar-refractivity contribution in [2.75, 3.05) is 6.26 Å². The van der Waals surface area contributed by atoms with E-state index in [1.54, 1.807) is 29.2 Å². The van der Waals surface area contributed by atoms with Crippen LogP contribution in [0.1, 0.15) is 0 Å². The fourth-order valence-corrected chi connectivity index (χ4v) is 3.64. The Morgan fingerprint density at radius 2 is 1.88 bits per heavy atom. The molecular weight excluding hydrogens is 336 g/mol. The van der Waals surface area contributed by atoms with Gasteiger partial charge >= 0.3 is 0 Å². The van der Waals surface area contributed by atoms with E-state index in [0.717, 1.165) is 33.2 Å². The molecule has 2 aromatic heterocycles. The molecule has 0 fully saturated rings. The predicted octanol–water partition coefficient (Wildman–Crippen LogP) is 3.03. The maximum atomic E-state index is 12.0. The average Bonchev–Trinajstić information content (AvgIpc) is 3.21. The Labute approximate surface area is 145 Å². The molecule has 0 amide bonds. The van der Waals surface area contributed by atoms with Crippen LogP contribution in [0.4, 0.5) is 0 Å². The number of hydrogen-bond donors (Lipinski definition) is 1. The van der Waals surface area contributed by atoms with Crippen LogP contribution < -0.4 is 0 Å². The van der Waals surface area contributed by atoms with E-state index in [-0.39, 0.29) is 4.90 Å². The van der Waals surface area contributed by atoms with Gasteiger partial charge in [0.15, 0.2) is 9.84 Å². The van der Waals surface area contributed by atoms with E-state index in [2.05, 4.69) is 15.3 Å². The van der Waals surface area contributed by atoms with Gasteiger partial charge in [0.05, 0.1) is 22.8 Å². The highest BCUT2D eigenvalue weighted by atomic mass is 32.2. The molecule has 0 saturated carbocycles. The average molecular weight is 352 g/mol. The highest BCUT2D eigenvalue weighted by Crippen LogP contribution is 2.37. The van der Waals surface area contributed by atoms with E-state index >= 15 is 0 Å². The van der Waals surface area contributed by atoms with Crippen molar-refractivity contribution in [2.45, 2.75) is 4.90 Å². The van der Waals surface area contributed by atoms with Crippen molar-refractivity contribution in [1.82, 2.24) is 20.0 Å². The Morgan fingerprint density at radius 1 is 1.04 bits per heavy atom. The number of aromatic nitrogens is 4. The summed E-state index contributed by atoms with van der Waals surface area (Å²) in [5, 5.41) is 12.2. The lowest BCUT2D eigenvalue weighted by atomic mass is 9.94. The molecule has 126 valence electrons. The first-order chi connectivity index (χ1) is 11.9. The van der Waals surface area contributed by atoms with E-state index in [1.165, 1.54) is 6.26 Å². The molecule has 6 nitrogen and oxygen atoms in total. The normalized spacial score (nSPS) is 11.9. The fourth-order valence-electron chi connectivity index (χ4n) is 2.99. The third-order valence-electron chi connectivity index (χ3n) is 4.21. The van der Waals surface area contributed by atoms with Crippen LogP contribution in [0.25, 0.3) is 33.2 Å². The van der Waals surface area contributed by atoms with Crippen LogP contribution in [-0.4, -0.2) is 34.7 Å². The fraction of sp³-hybridized carbons (Fsp3) is 0.111. The summed E-state index contributed by atoms with van der Waals surface area (Å²) >= 11 is 0. The van der Waals surface area contributed by atoms with Gasteiger partial charge in [0.25, 0.3) is 0 Å². The number of nitrogens with one attached hydrogen (secondary N) is 1. The number of aryl methyl sites for hydroxylation is 1. The molecular formula is C18H16N4O2S. The lowest BCUT2D eigenvalue weighted by molar-refractivity contribution is 0.602. The molecule has 0 unspecified atom stereocenters. The Balaban J connectivity index is 2.05. The maximum absolute atomic E-state index is 12.0. The van der Waals surface area contributed by atoms with Crippen LogP contribution in [0.3, 0.4) is 0 Å². The van der Waals surface area contributed by atoms with Crippen molar-refractivity contribution in [2.24, 2.45) is 7.05 Å². The number of sulfone groups is 1. The third kappa shape index (κ3) is 2.72. The van der Waals surface area contributed by atoms with E-state index in [1.807, 2.05) is 37.5 Å². The number of fused-ring (bicyclic) bond motifs is 1. The van der Waals surface area contributed by atoms with Gasteiger partial charge in [0.2, 0.25) is 0 Å². The zero-order valence-corrected chi connectivity index (χ0v) is 14.6. The van der Waals surface area contributed by atoms with Gasteiger partial charge in [-0.3, -0.25) is 9.78 Å². The lowest BCUT2D eigenvalue weighted by Crippen LogP contribution is -1.98. The summed E-state index contributed by atoms with van der Waals surface area (Å²) < 4.78 is 25.8. The smallest absolute Gasteiger partial charge is 0.175 e. The lowest BCUT2D eigenvalue weighted by Gasteiger charge is -2.11. The zero-order chi connectivity index (χ0) is 17.6. The predicted molar refractivity (Wildman–Crippen MR) is 96.8 cm³/mol. The molecule has 0 aliphatic heterocycles. The minimum Gasteiger partial charge on any atom is -0.278 e. The molecule has 25 heavy (non-hydrogen) atoms. The standard InChI is InChI=1S/C18H16N4O2S/c1-22-11-12(9-20-22)14-7-6-13(25(2,23)24)8-16(14)15-4-3-5-18-17(15)10-19-21-18/h3-11H,1-2H3,(H,19,21). The first kappa shape index (κ1) is 15.6. The number of benzene rings is 2. The highest BCUT2D eigenvalue weighted by molar-refractivity contribution is 7.90. The second-order valence-electron chi connectivity index (χ2n) is 6.02. The molecule has 0 atom stereocenters. The second-order valence-corrected chi connectivity index (χ2v) is 8.03. The molecule has 2 aromatic carbocycles. The van der Waals surface area contributed by atoms with Gasteiger partial charge < -0.3 is 0 Å². The number of aromatic amines is 1. The van der Waals surface area contributed by atoms with Crippen molar-refractivity contribution in [3.63, 3.8) is 0 Å². The second kappa shape index (κ2) is 5.56. The molecule has 1 N–H and O–H groups in total. The van der Waals surface area contributed by atoms with Gasteiger partial charge in [-0.1, -0.05) is 18.2 Å². The summed E-state index contributed by atoms with van der Waals surface area (Å²) in [6.07, 6.45) is 6.65. The van der Waals surface area contributed by atoms with Gasteiger partial charge in [0, 0.05) is 30.4 Å². The number of rotatable bonds is 3. The van der Waals surface area contributed by atoms with Crippen molar-refractivity contribution in [3.05, 3.63) is 55.0 Å². The quantitative estimate of drug-likeness (QED) is 0.614. The Morgan fingerprint density at radius 3 is 2.60 bits per heavy atom. The monoisotopic (exact) mass is 352 g/mol. The van der Waals surface area contributed by atoms with Gasteiger partial charge in [-0.2, -0.15) is 10.2 Å². The first-order valence-electron chi connectivity index (χ1n) is 7.69. The van der Waals surface area contributed by atoms with Crippen LogP contribution in [-0.2, 0) is 16.9 Å². The Kier molecular flexibility index (Phi) is 3.47. The molecule has 4 rings (SSSR count). The largest absolute Gasteiger partial charge is 0.278 e. The van der Waals surface area contributed by atoms with Gasteiger partial charge in [0.1, 0.15) is 0 Å². The molecule has 0 aliphatic carbocycles. The van der Waals surface area contributed by atoms with Crippen LogP contribution >= 0.6 is 0 Å². The first-order valence-corrected chi connectivity index (χ1v) is 9.58. The maximum Gasteiger partial charge on any atom is 0.175 e. The van der Waals surface area contributed by atoms with E-state index in [0.29, 0.717) is 0 Å². The molecule has 0 spiro atoms. The highest BCUT2D eigenvalue weighted by Gasteiger charge is 2.16. The summed E-state index contributed by atoms with van der Waals surface area (Å²) in [6, 6.07) is 11.0. The SMILES string of the molecule is Cn1cc(-c2ccc(S(C)(=O)=O)cc2-c2cccc3[nH]ncc23)cn1. The van der Waals surface area contributed by atoms with Crippen LogP contribution in [0.15, 0.2) is 59.9 Å². The molecule has 0 saturated heterocycles. The summed E-state index contributed by atoms with van der Waals surface area (Å²) in [4.78, 5) is 0.288. The van der Waals surface area contributed by atoms with Gasteiger partial charge in [-0.15, -0.1) is 0 Å². The zero-order valence-electron chi connectivity index (χ0n) is 13.8. The van der Waals surface area contributed by atoms with Crippen molar-refractivity contribution < 1.29 is 8.42 Å². The molecule has 0 radical (unpaired) electrons. The molecule has 0 aliphatic rings. The summed E-state index contributed by atoms with van der Waals surface area (Å²) in [7, 11) is -1.46.